The molecule has 0 saturated carbocycles. The summed E-state index contributed by atoms with van der Waals surface area (Å²) in [6.45, 7) is 0. The lowest BCUT2D eigenvalue weighted by atomic mass is 10.1. The van der Waals surface area contributed by atoms with E-state index in [9.17, 15) is 4.79 Å². The summed E-state index contributed by atoms with van der Waals surface area (Å²) in [5.74, 6) is -0.232. The maximum atomic E-state index is 12.0. The van der Waals surface area contributed by atoms with Crippen molar-refractivity contribution in [1.29, 1.82) is 0 Å². The van der Waals surface area contributed by atoms with Crippen LogP contribution >= 0.6 is 38.9 Å². The third-order valence-electron chi connectivity index (χ3n) is 3.39. The molecule has 0 aliphatic heterocycles. The molecule has 1 aromatic heterocycles. The number of thiazole rings is 1. The van der Waals surface area contributed by atoms with E-state index in [0.717, 1.165) is 21.3 Å². The lowest BCUT2D eigenvalue weighted by Gasteiger charge is -1.99. The minimum Gasteiger partial charge on any atom is -0.298 e. The summed E-state index contributed by atoms with van der Waals surface area (Å²) in [4.78, 5) is 17.4. The van der Waals surface area contributed by atoms with Crippen LogP contribution in [0.15, 0.2) is 65.3 Å². The monoisotopic (exact) mass is 432 g/mol. The number of hydrogen-bond donors (Lipinski definition) is 1. The molecule has 25 heavy (non-hydrogen) atoms. The second kappa shape index (κ2) is 8.43. The molecule has 2 aromatic carbocycles. The molecule has 1 N–H and O–H groups in total. The van der Waals surface area contributed by atoms with Gasteiger partial charge in [-0.25, -0.2) is 4.98 Å². The Morgan fingerprint density at radius 1 is 1.20 bits per heavy atom. The first-order chi connectivity index (χ1) is 12.1. The number of benzene rings is 2. The Labute approximate surface area is 163 Å². The molecule has 0 aliphatic rings. The predicted molar refractivity (Wildman–Crippen MR) is 108 cm³/mol. The topological polar surface area (TPSA) is 42.0 Å². The van der Waals surface area contributed by atoms with Crippen LogP contribution in [-0.4, -0.2) is 10.9 Å². The Kier molecular flexibility index (Phi) is 6.02. The van der Waals surface area contributed by atoms with Gasteiger partial charge in [0.05, 0.1) is 0 Å². The Morgan fingerprint density at radius 2 is 1.96 bits per heavy atom. The highest BCUT2D eigenvalue weighted by atomic mass is 79.9. The minimum absolute atomic E-state index is 0.232. The second-order valence-electron chi connectivity index (χ2n) is 5.28. The fourth-order valence-corrected chi connectivity index (χ4v) is 3.49. The van der Waals surface area contributed by atoms with E-state index in [0.29, 0.717) is 10.2 Å². The molecule has 0 fully saturated rings. The number of hydrogen-bond acceptors (Lipinski definition) is 3. The van der Waals surface area contributed by atoms with E-state index >= 15 is 0 Å². The van der Waals surface area contributed by atoms with Gasteiger partial charge in [0.25, 0.3) is 0 Å². The third-order valence-corrected chi connectivity index (χ3v) is 5.18. The zero-order valence-corrected chi connectivity index (χ0v) is 16.2. The smallest absolute Gasteiger partial charge is 0.250 e. The molecule has 0 saturated heterocycles. The molecule has 0 radical (unpaired) electrons. The van der Waals surface area contributed by atoms with Crippen molar-refractivity contribution in [2.75, 3.05) is 5.32 Å². The van der Waals surface area contributed by atoms with Gasteiger partial charge in [0, 0.05) is 33.1 Å². The molecule has 1 amide bonds. The number of carbonyl (C=O) groups is 1. The summed E-state index contributed by atoms with van der Waals surface area (Å²) < 4.78 is 1.05. The molecular weight excluding hydrogens is 420 g/mol. The number of halogens is 2. The number of amides is 1. The molecule has 3 nitrogen and oxygen atoms in total. The van der Waals surface area contributed by atoms with Crippen LogP contribution < -0.4 is 5.32 Å². The molecule has 6 heteroatoms. The van der Waals surface area contributed by atoms with E-state index in [2.05, 4.69) is 38.4 Å². The standard InChI is InChI=1S/C19H14BrClN2OS/c20-15-8-5-13(6-9-15)11-16-12-22-19(25-16)23-18(24)10-7-14-3-1-2-4-17(14)21/h1-10,12H,11H2,(H,22,23,24)/b10-7+. The zero-order chi connectivity index (χ0) is 17.6. The highest BCUT2D eigenvalue weighted by molar-refractivity contribution is 9.10. The summed E-state index contributed by atoms with van der Waals surface area (Å²) in [7, 11) is 0. The summed E-state index contributed by atoms with van der Waals surface area (Å²) in [5.41, 5.74) is 2.00. The summed E-state index contributed by atoms with van der Waals surface area (Å²) in [6.07, 6.45) is 5.72. The van der Waals surface area contributed by atoms with Crippen molar-refractivity contribution in [1.82, 2.24) is 4.98 Å². The van der Waals surface area contributed by atoms with Crippen LogP contribution in [0.2, 0.25) is 5.02 Å². The zero-order valence-electron chi connectivity index (χ0n) is 13.1. The molecule has 0 spiro atoms. The quantitative estimate of drug-likeness (QED) is 0.517. The van der Waals surface area contributed by atoms with Crippen molar-refractivity contribution >= 4 is 56.0 Å². The third kappa shape index (κ3) is 5.26. The van der Waals surface area contributed by atoms with Crippen molar-refractivity contribution in [3.63, 3.8) is 0 Å². The van der Waals surface area contributed by atoms with Crippen molar-refractivity contribution in [2.24, 2.45) is 0 Å². The maximum Gasteiger partial charge on any atom is 0.250 e. The van der Waals surface area contributed by atoms with Crippen LogP contribution in [0.4, 0.5) is 5.13 Å². The van der Waals surface area contributed by atoms with Crippen LogP contribution in [0.25, 0.3) is 6.08 Å². The Bertz CT molecular complexity index is 906. The van der Waals surface area contributed by atoms with Crippen LogP contribution in [0.1, 0.15) is 16.0 Å². The Morgan fingerprint density at radius 3 is 2.72 bits per heavy atom. The van der Waals surface area contributed by atoms with Crippen molar-refractivity contribution in [2.45, 2.75) is 6.42 Å². The average Bonchev–Trinajstić information content (AvgIpc) is 3.03. The fourth-order valence-electron chi connectivity index (χ4n) is 2.17. The maximum absolute atomic E-state index is 12.0. The summed E-state index contributed by atoms with van der Waals surface area (Å²) in [5, 5.41) is 3.97. The van der Waals surface area contributed by atoms with Gasteiger partial charge in [-0.05, 0) is 35.4 Å². The van der Waals surface area contributed by atoms with Crippen LogP contribution in [0.5, 0.6) is 0 Å². The molecule has 3 rings (SSSR count). The number of aromatic nitrogens is 1. The van der Waals surface area contributed by atoms with E-state index in [-0.39, 0.29) is 5.91 Å². The summed E-state index contributed by atoms with van der Waals surface area (Å²) in [6, 6.07) is 15.5. The first kappa shape index (κ1) is 17.9. The lowest BCUT2D eigenvalue weighted by molar-refractivity contribution is -0.111. The number of anilines is 1. The van der Waals surface area contributed by atoms with Crippen LogP contribution in [0, 0.1) is 0 Å². The van der Waals surface area contributed by atoms with Crippen molar-refractivity contribution in [3.8, 4) is 0 Å². The Hall–Kier alpha value is -1.95. The molecule has 126 valence electrons. The number of carbonyl (C=O) groups excluding carboxylic acids is 1. The van der Waals surface area contributed by atoms with Crippen LogP contribution in [0.3, 0.4) is 0 Å². The first-order valence-corrected chi connectivity index (χ1v) is 9.51. The van der Waals surface area contributed by atoms with Crippen molar-refractivity contribution < 1.29 is 4.79 Å². The lowest BCUT2D eigenvalue weighted by Crippen LogP contribution is -2.07. The molecule has 0 bridgehead atoms. The molecule has 0 unspecified atom stereocenters. The SMILES string of the molecule is O=C(/C=C/c1ccccc1Cl)Nc1ncc(Cc2ccc(Br)cc2)s1. The molecule has 0 aliphatic carbocycles. The number of nitrogens with zero attached hydrogens (tertiary/aromatic N) is 1. The Balaban J connectivity index is 1.60. The molecule has 3 aromatic rings. The first-order valence-electron chi connectivity index (χ1n) is 7.53. The second-order valence-corrected chi connectivity index (χ2v) is 7.72. The molecular formula is C19H14BrClN2OS. The van der Waals surface area contributed by atoms with Gasteiger partial charge in [-0.3, -0.25) is 10.1 Å². The number of rotatable bonds is 5. The highest BCUT2D eigenvalue weighted by Crippen LogP contribution is 2.22. The largest absolute Gasteiger partial charge is 0.298 e. The van der Waals surface area contributed by atoms with Gasteiger partial charge < -0.3 is 0 Å². The predicted octanol–water partition coefficient (Wildman–Crippen LogP) is 5.80. The van der Waals surface area contributed by atoms with Gasteiger partial charge in [-0.2, -0.15) is 0 Å². The van der Waals surface area contributed by atoms with Gasteiger partial charge >= 0.3 is 0 Å². The molecule has 1 heterocycles. The van der Waals surface area contributed by atoms with E-state index in [1.54, 1.807) is 18.3 Å². The van der Waals surface area contributed by atoms with E-state index < -0.39 is 0 Å². The van der Waals surface area contributed by atoms with Crippen molar-refractivity contribution in [3.05, 3.63) is 86.3 Å². The number of nitrogens with one attached hydrogen (secondary N) is 1. The van der Waals surface area contributed by atoms with Gasteiger partial charge in [0.2, 0.25) is 5.91 Å². The minimum atomic E-state index is -0.232. The highest BCUT2D eigenvalue weighted by Gasteiger charge is 2.06. The van der Waals surface area contributed by atoms with E-state index in [1.165, 1.54) is 23.0 Å². The van der Waals surface area contributed by atoms with Gasteiger partial charge in [-0.1, -0.05) is 57.9 Å². The normalized spacial score (nSPS) is 11.0. The average molecular weight is 434 g/mol. The van der Waals surface area contributed by atoms with Gasteiger partial charge in [0.1, 0.15) is 0 Å². The molecule has 0 atom stereocenters. The summed E-state index contributed by atoms with van der Waals surface area (Å²) >= 11 is 11.0. The van der Waals surface area contributed by atoms with Gasteiger partial charge in [-0.15, -0.1) is 11.3 Å². The van der Waals surface area contributed by atoms with Crippen LogP contribution in [-0.2, 0) is 11.2 Å². The fraction of sp³-hybridized carbons (Fsp3) is 0.0526. The van der Waals surface area contributed by atoms with Gasteiger partial charge in [0.15, 0.2) is 5.13 Å². The van der Waals surface area contributed by atoms with E-state index in [1.807, 2.05) is 30.3 Å². The van der Waals surface area contributed by atoms with E-state index in [4.69, 9.17) is 11.6 Å².